The van der Waals surface area contributed by atoms with Crippen molar-refractivity contribution >= 4 is 17.7 Å². The average molecular weight is 522 g/mol. The van der Waals surface area contributed by atoms with Gasteiger partial charge in [-0.1, -0.05) is 51.1 Å². The molecule has 0 aliphatic carbocycles. The molecule has 1 N–H and O–H groups in total. The lowest BCUT2D eigenvalue weighted by atomic mass is 9.90. The predicted molar refractivity (Wildman–Crippen MR) is 145 cm³/mol. The molecule has 8 nitrogen and oxygen atoms in total. The van der Waals surface area contributed by atoms with Crippen LogP contribution in [0.3, 0.4) is 0 Å². The molecule has 2 saturated heterocycles. The highest BCUT2D eigenvalue weighted by Gasteiger charge is 2.54. The Balaban J connectivity index is 1.57. The third-order valence-electron chi connectivity index (χ3n) is 7.36. The number of amides is 3. The predicted octanol–water partition coefficient (Wildman–Crippen LogP) is 4.17. The molecule has 38 heavy (non-hydrogen) atoms. The monoisotopic (exact) mass is 521 g/mol. The van der Waals surface area contributed by atoms with E-state index < -0.39 is 11.8 Å². The second kappa shape index (κ2) is 11.2. The molecule has 0 unspecified atom stereocenters. The van der Waals surface area contributed by atoms with E-state index in [2.05, 4.69) is 5.32 Å². The van der Waals surface area contributed by atoms with Crippen LogP contribution in [0.25, 0.3) is 0 Å². The largest absolute Gasteiger partial charge is 0.497 e. The van der Waals surface area contributed by atoms with Crippen LogP contribution in [0.15, 0.2) is 54.6 Å². The third-order valence-corrected chi connectivity index (χ3v) is 7.36. The van der Waals surface area contributed by atoms with Crippen molar-refractivity contribution < 1.29 is 23.9 Å². The summed E-state index contributed by atoms with van der Waals surface area (Å²) in [4.78, 5) is 43.8. The number of likely N-dealkylation sites (tertiary alicyclic amines) is 1. The number of hydrogen-bond donors (Lipinski definition) is 1. The molecule has 2 atom stereocenters. The first-order valence-electron chi connectivity index (χ1n) is 13.3. The highest BCUT2D eigenvalue weighted by molar-refractivity contribution is 5.98. The van der Waals surface area contributed by atoms with Crippen molar-refractivity contribution in [3.05, 3.63) is 65.7 Å². The lowest BCUT2D eigenvalue weighted by Gasteiger charge is -2.45. The van der Waals surface area contributed by atoms with E-state index in [9.17, 15) is 14.4 Å². The molecule has 2 aromatic rings. The van der Waals surface area contributed by atoms with Crippen LogP contribution in [-0.4, -0.2) is 66.1 Å². The Labute approximate surface area is 225 Å². The van der Waals surface area contributed by atoms with Crippen LogP contribution in [0, 0.1) is 5.41 Å². The number of nitrogens with one attached hydrogen (secondary N) is 1. The van der Waals surface area contributed by atoms with Gasteiger partial charge in [0.05, 0.1) is 19.8 Å². The van der Waals surface area contributed by atoms with E-state index in [1.165, 1.54) is 0 Å². The first kappa shape index (κ1) is 27.6. The molecular weight excluding hydrogens is 482 g/mol. The fourth-order valence-electron chi connectivity index (χ4n) is 5.25. The minimum atomic E-state index is -0.951. The number of carbonyl (C=O) groups is 3. The number of ether oxygens (including phenoxy) is 2. The van der Waals surface area contributed by atoms with Gasteiger partial charge in [0.15, 0.2) is 0 Å². The lowest BCUT2D eigenvalue weighted by Crippen LogP contribution is -2.60. The van der Waals surface area contributed by atoms with E-state index in [1.54, 1.807) is 36.3 Å². The Morgan fingerprint density at radius 3 is 2.26 bits per heavy atom. The van der Waals surface area contributed by atoms with E-state index in [4.69, 9.17) is 9.47 Å². The van der Waals surface area contributed by atoms with Gasteiger partial charge in [0.1, 0.15) is 17.5 Å². The van der Waals surface area contributed by atoms with Gasteiger partial charge in [-0.3, -0.25) is 19.3 Å². The van der Waals surface area contributed by atoms with Crippen molar-refractivity contribution in [1.29, 1.82) is 0 Å². The molecule has 0 bridgehead atoms. The summed E-state index contributed by atoms with van der Waals surface area (Å²) in [5, 5.41) is 3.07. The number of hydrogen-bond acceptors (Lipinski definition) is 5. The number of rotatable bonds is 6. The summed E-state index contributed by atoms with van der Waals surface area (Å²) in [6, 6.07) is 15.6. The standard InChI is InChI=1S/C30H39N3O5/c1-21(22-9-7-6-8-10-22)31-27(35)25-20-38-30(15-17-32(18-16-30)26(34)19-29(2,3)4)33(25)28(36)23-11-13-24(37-5)14-12-23/h6-14,21,25H,15-20H2,1-5H3,(H,31,35)/t21-,25+/m0/s1. The molecule has 1 spiro atoms. The molecule has 0 aromatic heterocycles. The molecule has 2 aliphatic rings. The summed E-state index contributed by atoms with van der Waals surface area (Å²) in [5.41, 5.74) is 0.377. The Morgan fingerprint density at radius 1 is 1.05 bits per heavy atom. The molecule has 2 aliphatic heterocycles. The molecular formula is C30H39N3O5. The van der Waals surface area contributed by atoms with Crippen molar-refractivity contribution in [3.63, 3.8) is 0 Å². The smallest absolute Gasteiger partial charge is 0.256 e. The zero-order chi connectivity index (χ0) is 27.5. The second-order valence-electron chi connectivity index (χ2n) is 11.4. The summed E-state index contributed by atoms with van der Waals surface area (Å²) >= 11 is 0. The van der Waals surface area contributed by atoms with Gasteiger partial charge < -0.3 is 19.7 Å². The Hall–Kier alpha value is -3.39. The number of methoxy groups -OCH3 is 1. The molecule has 2 aromatic carbocycles. The van der Waals surface area contributed by atoms with Crippen LogP contribution in [0.2, 0.25) is 0 Å². The Kier molecular flexibility index (Phi) is 8.11. The van der Waals surface area contributed by atoms with E-state index in [0.717, 1.165) is 5.56 Å². The average Bonchev–Trinajstić information content (AvgIpc) is 3.26. The van der Waals surface area contributed by atoms with Crippen LogP contribution in [0.1, 0.15) is 68.9 Å². The van der Waals surface area contributed by atoms with Crippen LogP contribution in [0.5, 0.6) is 5.75 Å². The van der Waals surface area contributed by atoms with Gasteiger partial charge in [0, 0.05) is 37.9 Å². The summed E-state index contributed by atoms with van der Waals surface area (Å²) in [6.45, 7) is 9.10. The zero-order valence-corrected chi connectivity index (χ0v) is 23.0. The van der Waals surface area contributed by atoms with Crippen LogP contribution in [-0.2, 0) is 14.3 Å². The molecule has 4 rings (SSSR count). The van der Waals surface area contributed by atoms with Crippen molar-refractivity contribution in [2.45, 2.75) is 64.8 Å². The summed E-state index contributed by atoms with van der Waals surface area (Å²) < 4.78 is 11.6. The normalized spacial score (nSPS) is 19.8. The number of piperidine rings is 1. The molecule has 0 saturated carbocycles. The van der Waals surface area contributed by atoms with Crippen molar-refractivity contribution in [1.82, 2.24) is 15.1 Å². The number of nitrogens with zero attached hydrogens (tertiary/aromatic N) is 2. The van der Waals surface area contributed by atoms with E-state index in [1.807, 2.05) is 62.9 Å². The van der Waals surface area contributed by atoms with Gasteiger partial charge in [-0.15, -0.1) is 0 Å². The van der Waals surface area contributed by atoms with Crippen LogP contribution < -0.4 is 10.1 Å². The summed E-state index contributed by atoms with van der Waals surface area (Å²) in [6.07, 6.45) is 1.35. The van der Waals surface area contributed by atoms with Gasteiger partial charge in [0.25, 0.3) is 5.91 Å². The fraction of sp³-hybridized carbons (Fsp3) is 0.500. The zero-order valence-electron chi connectivity index (χ0n) is 23.0. The first-order valence-corrected chi connectivity index (χ1v) is 13.3. The quantitative estimate of drug-likeness (QED) is 0.617. The van der Waals surface area contributed by atoms with Gasteiger partial charge in [-0.05, 0) is 42.2 Å². The Bertz CT molecular complexity index is 1130. The molecule has 2 fully saturated rings. The van der Waals surface area contributed by atoms with E-state index in [-0.39, 0.29) is 35.8 Å². The number of carbonyl (C=O) groups excluding carboxylic acids is 3. The molecule has 3 amide bonds. The van der Waals surface area contributed by atoms with Crippen molar-refractivity contribution in [3.8, 4) is 5.75 Å². The van der Waals surface area contributed by atoms with E-state index in [0.29, 0.717) is 43.7 Å². The van der Waals surface area contributed by atoms with Crippen LogP contribution in [0.4, 0.5) is 0 Å². The van der Waals surface area contributed by atoms with Crippen LogP contribution >= 0.6 is 0 Å². The maximum Gasteiger partial charge on any atom is 0.256 e. The molecule has 8 heteroatoms. The van der Waals surface area contributed by atoms with E-state index >= 15 is 0 Å². The third kappa shape index (κ3) is 6.01. The highest BCUT2D eigenvalue weighted by atomic mass is 16.5. The SMILES string of the molecule is COc1ccc(C(=O)N2[C@@H](C(=O)N[C@@H](C)c3ccccc3)COC23CCN(C(=O)CC(C)(C)C)CC3)cc1. The molecule has 2 heterocycles. The minimum absolute atomic E-state index is 0.101. The first-order chi connectivity index (χ1) is 18.0. The summed E-state index contributed by atoms with van der Waals surface area (Å²) in [5.74, 6) is 0.216. The van der Waals surface area contributed by atoms with Gasteiger partial charge >= 0.3 is 0 Å². The number of benzene rings is 2. The van der Waals surface area contributed by atoms with Crippen molar-refractivity contribution in [2.24, 2.45) is 5.41 Å². The highest BCUT2D eigenvalue weighted by Crippen LogP contribution is 2.39. The maximum atomic E-state index is 13.9. The lowest BCUT2D eigenvalue weighted by molar-refractivity contribution is -0.145. The summed E-state index contributed by atoms with van der Waals surface area (Å²) in [7, 11) is 1.57. The molecule has 204 valence electrons. The molecule has 0 radical (unpaired) electrons. The minimum Gasteiger partial charge on any atom is -0.497 e. The van der Waals surface area contributed by atoms with Gasteiger partial charge in [-0.25, -0.2) is 0 Å². The maximum absolute atomic E-state index is 13.9. The van der Waals surface area contributed by atoms with Crippen molar-refractivity contribution in [2.75, 3.05) is 26.8 Å². The van der Waals surface area contributed by atoms with Gasteiger partial charge in [0.2, 0.25) is 11.8 Å². The fourth-order valence-corrected chi connectivity index (χ4v) is 5.25. The van der Waals surface area contributed by atoms with Gasteiger partial charge in [-0.2, -0.15) is 0 Å². The Morgan fingerprint density at radius 2 is 1.68 bits per heavy atom. The topological polar surface area (TPSA) is 88.2 Å². The second-order valence-corrected chi connectivity index (χ2v) is 11.4.